The van der Waals surface area contributed by atoms with Gasteiger partial charge in [-0.3, -0.25) is 14.4 Å². The van der Waals surface area contributed by atoms with E-state index in [-0.39, 0.29) is 25.4 Å². The maximum Gasteiger partial charge on any atom is 0.333 e. The van der Waals surface area contributed by atoms with Gasteiger partial charge in [-0.1, -0.05) is 52.8 Å². The van der Waals surface area contributed by atoms with Gasteiger partial charge in [0.2, 0.25) is 0 Å². The number of carbonyl (C=O) groups is 4. The first-order valence-electron chi connectivity index (χ1n) is 14.5. The van der Waals surface area contributed by atoms with Crippen LogP contribution in [0, 0.1) is 35.0 Å². The van der Waals surface area contributed by atoms with E-state index in [0.717, 1.165) is 0 Å². The number of ether oxygens (including phenoxy) is 3. The van der Waals surface area contributed by atoms with Gasteiger partial charge < -0.3 is 24.4 Å². The summed E-state index contributed by atoms with van der Waals surface area (Å²) in [7, 11) is 0. The summed E-state index contributed by atoms with van der Waals surface area (Å²) in [5, 5.41) is 24.8. The second kappa shape index (κ2) is 10.2. The first kappa shape index (κ1) is 31.2. The molecule has 0 heterocycles. The minimum Gasteiger partial charge on any atom is -0.458 e. The van der Waals surface area contributed by atoms with Gasteiger partial charge in [0.15, 0.2) is 11.4 Å². The Bertz CT molecular complexity index is 1260. The molecule has 226 valence electrons. The summed E-state index contributed by atoms with van der Waals surface area (Å²) in [6.45, 7) is 15.4. The van der Waals surface area contributed by atoms with Gasteiger partial charge in [0.1, 0.15) is 18.3 Å². The predicted octanol–water partition coefficient (Wildman–Crippen LogP) is 3.62. The number of aliphatic hydroxyl groups is 2. The Morgan fingerprint density at radius 3 is 2.34 bits per heavy atom. The number of ketones is 1. The Morgan fingerprint density at radius 1 is 1.15 bits per heavy atom. The molecule has 0 aromatic rings. The van der Waals surface area contributed by atoms with Crippen molar-refractivity contribution in [3.8, 4) is 0 Å². The molecule has 0 amide bonds. The van der Waals surface area contributed by atoms with Crippen LogP contribution in [0.5, 0.6) is 0 Å². The van der Waals surface area contributed by atoms with Crippen LogP contribution in [0.4, 0.5) is 0 Å². The summed E-state index contributed by atoms with van der Waals surface area (Å²) in [6, 6.07) is 0. The molecule has 2 fully saturated rings. The van der Waals surface area contributed by atoms with Crippen LogP contribution in [0.2, 0.25) is 0 Å². The third-order valence-electron chi connectivity index (χ3n) is 10.0. The van der Waals surface area contributed by atoms with Crippen molar-refractivity contribution < 1.29 is 43.6 Å². The van der Waals surface area contributed by atoms with Crippen LogP contribution in [0.25, 0.3) is 0 Å². The fourth-order valence-corrected chi connectivity index (χ4v) is 7.97. The monoisotopic (exact) mass is 572 g/mol. The number of rotatable bonds is 7. The van der Waals surface area contributed by atoms with Crippen LogP contribution in [-0.2, 0) is 33.4 Å². The molecule has 0 aliphatic heterocycles. The number of esters is 3. The number of hydrogen-bond donors (Lipinski definition) is 2. The van der Waals surface area contributed by atoms with E-state index in [1.165, 1.54) is 6.92 Å². The van der Waals surface area contributed by atoms with Crippen molar-refractivity contribution in [2.24, 2.45) is 35.0 Å². The molecule has 8 atom stereocenters. The smallest absolute Gasteiger partial charge is 0.333 e. The van der Waals surface area contributed by atoms with Crippen LogP contribution in [0.1, 0.15) is 75.2 Å². The minimum atomic E-state index is -2.00. The van der Waals surface area contributed by atoms with Crippen LogP contribution < -0.4 is 0 Å². The Labute approximate surface area is 242 Å². The van der Waals surface area contributed by atoms with Gasteiger partial charge in [-0.15, -0.1) is 0 Å². The first-order valence-corrected chi connectivity index (χ1v) is 14.5. The molecule has 9 heteroatoms. The van der Waals surface area contributed by atoms with E-state index in [4.69, 9.17) is 14.2 Å². The van der Waals surface area contributed by atoms with Crippen molar-refractivity contribution in [2.75, 3.05) is 6.61 Å². The molecular formula is C32H44O9. The van der Waals surface area contributed by atoms with Gasteiger partial charge in [-0.25, -0.2) is 4.79 Å². The normalized spacial score (nSPS) is 39.0. The Kier molecular flexibility index (Phi) is 7.75. The van der Waals surface area contributed by atoms with Crippen molar-refractivity contribution in [2.45, 2.75) is 98.1 Å². The molecule has 0 radical (unpaired) electrons. The van der Waals surface area contributed by atoms with Crippen molar-refractivity contribution in [1.29, 1.82) is 0 Å². The molecule has 8 unspecified atom stereocenters. The highest BCUT2D eigenvalue weighted by atomic mass is 16.6. The van der Waals surface area contributed by atoms with E-state index in [1.807, 2.05) is 27.7 Å². The standard InChI is InChI=1S/C32H44O9/c1-10-17(4)28(36)39-15-21-13-22-25-29(8,9)32(25,41-20(7)33)27(40-24(34)11-16(2)3)19(6)31(22,38)23-12-18(5)26(35)30(23,37)14-21/h10,12-13,16,19,22-23,25,27,37-38H,11,14-15H2,1-9H3. The van der Waals surface area contributed by atoms with E-state index in [1.54, 1.807) is 45.9 Å². The molecule has 0 bridgehead atoms. The summed E-state index contributed by atoms with van der Waals surface area (Å²) in [5.41, 5.74) is -4.54. The van der Waals surface area contributed by atoms with E-state index in [0.29, 0.717) is 16.7 Å². The van der Waals surface area contributed by atoms with Crippen molar-refractivity contribution >= 4 is 23.7 Å². The Hall–Kier alpha value is -2.78. The van der Waals surface area contributed by atoms with Crippen LogP contribution in [-0.4, -0.2) is 63.4 Å². The first-order chi connectivity index (χ1) is 18.9. The SMILES string of the molecule is CC=C(C)C(=O)OCC1=CC2C3C(C)(C)C3(OC(C)=O)C(OC(=O)CC(C)C)C(C)C2(O)C2C=C(C)C(=O)C2(O)C1. The average molecular weight is 573 g/mol. The Morgan fingerprint density at radius 2 is 1.78 bits per heavy atom. The van der Waals surface area contributed by atoms with Gasteiger partial charge in [-0.2, -0.15) is 0 Å². The van der Waals surface area contributed by atoms with Gasteiger partial charge >= 0.3 is 17.9 Å². The second-order valence-electron chi connectivity index (χ2n) is 13.4. The van der Waals surface area contributed by atoms with Crippen molar-refractivity contribution in [3.63, 3.8) is 0 Å². The van der Waals surface area contributed by atoms with E-state index in [2.05, 4.69) is 0 Å². The second-order valence-corrected chi connectivity index (χ2v) is 13.4. The van der Waals surface area contributed by atoms with Crippen molar-refractivity contribution in [1.82, 2.24) is 0 Å². The van der Waals surface area contributed by atoms with Crippen LogP contribution in [0.15, 0.2) is 34.9 Å². The molecule has 4 rings (SSSR count). The molecule has 2 N–H and O–H groups in total. The van der Waals surface area contributed by atoms with E-state index in [9.17, 15) is 29.4 Å². The number of allylic oxidation sites excluding steroid dienone is 1. The lowest BCUT2D eigenvalue weighted by Gasteiger charge is -2.53. The largest absolute Gasteiger partial charge is 0.458 e. The molecule has 4 aliphatic rings. The topological polar surface area (TPSA) is 136 Å². The van der Waals surface area contributed by atoms with E-state index >= 15 is 0 Å². The lowest BCUT2D eigenvalue weighted by Crippen LogP contribution is -2.66. The lowest BCUT2D eigenvalue weighted by atomic mass is 9.59. The molecule has 0 aromatic carbocycles. The lowest BCUT2D eigenvalue weighted by molar-refractivity contribution is -0.228. The predicted molar refractivity (Wildman–Crippen MR) is 149 cm³/mol. The van der Waals surface area contributed by atoms with Crippen molar-refractivity contribution in [3.05, 3.63) is 34.9 Å². The fraction of sp³-hybridized carbons (Fsp3) is 0.688. The number of Topliss-reactive ketones (excluding diaryl/α,β-unsaturated/α-hetero) is 1. The third-order valence-corrected chi connectivity index (χ3v) is 10.0. The molecule has 2 saturated carbocycles. The van der Waals surface area contributed by atoms with Crippen LogP contribution >= 0.6 is 0 Å². The Balaban J connectivity index is 1.89. The highest BCUT2D eigenvalue weighted by Crippen LogP contribution is 2.77. The summed E-state index contributed by atoms with van der Waals surface area (Å²) >= 11 is 0. The molecule has 0 saturated heterocycles. The molecule has 9 nitrogen and oxygen atoms in total. The highest BCUT2D eigenvalue weighted by molar-refractivity contribution is 6.05. The van der Waals surface area contributed by atoms with Gasteiger partial charge in [-0.05, 0) is 37.8 Å². The molecular weight excluding hydrogens is 528 g/mol. The number of carbonyl (C=O) groups excluding carboxylic acids is 4. The minimum absolute atomic E-state index is 0.0188. The maximum absolute atomic E-state index is 13.5. The molecule has 4 aliphatic carbocycles. The summed E-state index contributed by atoms with van der Waals surface area (Å²) in [4.78, 5) is 51.5. The number of hydrogen-bond acceptors (Lipinski definition) is 9. The molecule has 0 spiro atoms. The zero-order chi connectivity index (χ0) is 30.9. The van der Waals surface area contributed by atoms with E-state index < -0.39 is 75.7 Å². The van der Waals surface area contributed by atoms with Gasteiger partial charge in [0.05, 0.1) is 5.60 Å². The zero-order valence-electron chi connectivity index (χ0n) is 25.6. The van der Waals surface area contributed by atoms with Crippen LogP contribution in [0.3, 0.4) is 0 Å². The maximum atomic E-state index is 13.5. The quantitative estimate of drug-likeness (QED) is 0.203. The summed E-state index contributed by atoms with van der Waals surface area (Å²) < 4.78 is 17.7. The average Bonchev–Trinajstić information content (AvgIpc) is 3.29. The highest BCUT2D eigenvalue weighted by Gasteiger charge is 2.87. The fourth-order valence-electron chi connectivity index (χ4n) is 7.97. The zero-order valence-corrected chi connectivity index (χ0v) is 25.6. The van der Waals surface area contributed by atoms with Gasteiger partial charge in [0, 0.05) is 54.4 Å². The summed E-state index contributed by atoms with van der Waals surface area (Å²) in [6.07, 6.45) is 3.98. The van der Waals surface area contributed by atoms with Gasteiger partial charge in [0.25, 0.3) is 0 Å². The third kappa shape index (κ3) is 4.51. The number of fused-ring (bicyclic) bond motifs is 5. The molecule has 41 heavy (non-hydrogen) atoms. The molecule has 0 aromatic heterocycles. The summed E-state index contributed by atoms with van der Waals surface area (Å²) in [5.74, 6) is -5.18.